The van der Waals surface area contributed by atoms with E-state index in [0.29, 0.717) is 0 Å². The summed E-state index contributed by atoms with van der Waals surface area (Å²) in [6.07, 6.45) is 2.76. The normalized spacial score (nSPS) is 16.3. The summed E-state index contributed by atoms with van der Waals surface area (Å²) in [5.41, 5.74) is 8.89. The predicted molar refractivity (Wildman–Crippen MR) is 77.6 cm³/mol. The van der Waals surface area contributed by atoms with E-state index in [0.717, 1.165) is 25.6 Å². The van der Waals surface area contributed by atoms with Crippen molar-refractivity contribution in [3.63, 3.8) is 0 Å². The van der Waals surface area contributed by atoms with Gasteiger partial charge in [-0.05, 0) is 48.9 Å². The van der Waals surface area contributed by atoms with Crippen LogP contribution in [0.3, 0.4) is 0 Å². The fourth-order valence-electron chi connectivity index (χ4n) is 2.47. The lowest BCUT2D eigenvalue weighted by molar-refractivity contribution is 0.210. The van der Waals surface area contributed by atoms with Crippen molar-refractivity contribution in [3.05, 3.63) is 35.4 Å². The van der Waals surface area contributed by atoms with Gasteiger partial charge in [-0.2, -0.15) is 0 Å². The summed E-state index contributed by atoms with van der Waals surface area (Å²) >= 11 is 0. The molecule has 0 saturated heterocycles. The summed E-state index contributed by atoms with van der Waals surface area (Å²) in [5.74, 6) is 0.855. The Hall–Kier alpha value is -0.860. The molecule has 0 bridgehead atoms. The highest BCUT2D eigenvalue weighted by Crippen LogP contribution is 2.39. The molecule has 0 atom stereocenters. The molecule has 1 fully saturated rings. The largest absolute Gasteiger partial charge is 0.330 e. The molecular formula is C16H26N2. The lowest BCUT2D eigenvalue weighted by Crippen LogP contribution is -2.36. The van der Waals surface area contributed by atoms with Gasteiger partial charge < -0.3 is 10.6 Å². The highest BCUT2D eigenvalue weighted by Gasteiger charge is 2.23. The average molecular weight is 246 g/mol. The minimum absolute atomic E-state index is 0.197. The zero-order valence-corrected chi connectivity index (χ0v) is 11.9. The first-order valence-corrected chi connectivity index (χ1v) is 6.98. The maximum Gasteiger partial charge on any atom is 0.0230 e. The summed E-state index contributed by atoms with van der Waals surface area (Å²) in [7, 11) is 2.17. The third-order valence-electron chi connectivity index (χ3n) is 3.73. The van der Waals surface area contributed by atoms with E-state index in [2.05, 4.69) is 50.1 Å². The number of nitrogens with two attached hydrogens (primary N) is 1. The van der Waals surface area contributed by atoms with Crippen LogP contribution in [0, 0.1) is 5.41 Å². The van der Waals surface area contributed by atoms with Crippen LogP contribution in [0.1, 0.15) is 43.7 Å². The van der Waals surface area contributed by atoms with E-state index in [4.69, 9.17) is 5.73 Å². The molecule has 0 unspecified atom stereocenters. The van der Waals surface area contributed by atoms with Gasteiger partial charge >= 0.3 is 0 Å². The molecule has 2 rings (SSSR count). The Balaban J connectivity index is 1.88. The van der Waals surface area contributed by atoms with Crippen molar-refractivity contribution in [2.45, 2.75) is 39.2 Å². The Kier molecular flexibility index (Phi) is 4.08. The fourth-order valence-corrected chi connectivity index (χ4v) is 2.47. The summed E-state index contributed by atoms with van der Waals surface area (Å²) in [4.78, 5) is 2.36. The molecule has 1 aromatic rings. The zero-order valence-electron chi connectivity index (χ0n) is 11.9. The van der Waals surface area contributed by atoms with Crippen LogP contribution in [-0.2, 0) is 6.54 Å². The topological polar surface area (TPSA) is 29.3 Å². The minimum atomic E-state index is 0.197. The molecule has 18 heavy (non-hydrogen) atoms. The van der Waals surface area contributed by atoms with Gasteiger partial charge in [0.1, 0.15) is 0 Å². The van der Waals surface area contributed by atoms with E-state index in [1.54, 1.807) is 0 Å². The van der Waals surface area contributed by atoms with Gasteiger partial charge in [0.15, 0.2) is 0 Å². The molecule has 2 N–H and O–H groups in total. The molecule has 1 aliphatic carbocycles. The summed E-state index contributed by atoms with van der Waals surface area (Å²) in [6.45, 7) is 7.22. The minimum Gasteiger partial charge on any atom is -0.330 e. The highest BCUT2D eigenvalue weighted by atomic mass is 15.1. The van der Waals surface area contributed by atoms with E-state index in [9.17, 15) is 0 Å². The predicted octanol–water partition coefficient (Wildman–Crippen LogP) is 2.98. The van der Waals surface area contributed by atoms with E-state index in [-0.39, 0.29) is 5.41 Å². The van der Waals surface area contributed by atoms with Gasteiger partial charge in [0.25, 0.3) is 0 Å². The third-order valence-corrected chi connectivity index (χ3v) is 3.73. The van der Waals surface area contributed by atoms with E-state index >= 15 is 0 Å². The zero-order chi connectivity index (χ0) is 13.2. The maximum atomic E-state index is 5.78. The van der Waals surface area contributed by atoms with Crippen LogP contribution >= 0.6 is 0 Å². The Morgan fingerprint density at radius 1 is 1.22 bits per heavy atom. The van der Waals surface area contributed by atoms with Crippen LogP contribution in [0.5, 0.6) is 0 Å². The Labute approximate surface area is 111 Å². The second-order valence-corrected chi connectivity index (χ2v) is 6.56. The average Bonchev–Trinajstić information content (AvgIpc) is 3.13. The number of rotatable bonds is 6. The van der Waals surface area contributed by atoms with Crippen molar-refractivity contribution in [2.24, 2.45) is 11.1 Å². The quantitative estimate of drug-likeness (QED) is 0.836. The lowest BCUT2D eigenvalue weighted by Gasteiger charge is -2.29. The van der Waals surface area contributed by atoms with Crippen molar-refractivity contribution in [1.29, 1.82) is 0 Å². The van der Waals surface area contributed by atoms with Gasteiger partial charge in [0, 0.05) is 13.1 Å². The van der Waals surface area contributed by atoms with Crippen molar-refractivity contribution in [1.82, 2.24) is 4.90 Å². The first kappa shape index (κ1) is 13.6. The second-order valence-electron chi connectivity index (χ2n) is 6.56. The number of hydrogen-bond acceptors (Lipinski definition) is 2. The summed E-state index contributed by atoms with van der Waals surface area (Å²) in [6, 6.07) is 9.16. The van der Waals surface area contributed by atoms with Gasteiger partial charge in [0.05, 0.1) is 0 Å². The van der Waals surface area contributed by atoms with Crippen molar-refractivity contribution in [2.75, 3.05) is 20.1 Å². The molecule has 0 amide bonds. The highest BCUT2D eigenvalue weighted by molar-refractivity contribution is 5.27. The first-order chi connectivity index (χ1) is 8.50. The summed E-state index contributed by atoms with van der Waals surface area (Å²) < 4.78 is 0. The first-order valence-electron chi connectivity index (χ1n) is 6.98. The molecule has 1 saturated carbocycles. The van der Waals surface area contributed by atoms with Gasteiger partial charge in [-0.1, -0.05) is 38.1 Å². The van der Waals surface area contributed by atoms with Crippen molar-refractivity contribution in [3.8, 4) is 0 Å². The van der Waals surface area contributed by atoms with Crippen LogP contribution in [0.4, 0.5) is 0 Å². The van der Waals surface area contributed by atoms with E-state index in [1.807, 2.05) is 0 Å². The molecule has 0 radical (unpaired) electrons. The maximum absolute atomic E-state index is 5.78. The number of benzene rings is 1. The van der Waals surface area contributed by atoms with Gasteiger partial charge in [-0.25, -0.2) is 0 Å². The third kappa shape index (κ3) is 3.82. The van der Waals surface area contributed by atoms with E-state index in [1.165, 1.54) is 24.0 Å². The smallest absolute Gasteiger partial charge is 0.0230 e. The van der Waals surface area contributed by atoms with Crippen LogP contribution in [0.25, 0.3) is 0 Å². The monoisotopic (exact) mass is 246 g/mol. The van der Waals surface area contributed by atoms with Crippen molar-refractivity contribution >= 4 is 0 Å². The second kappa shape index (κ2) is 5.41. The molecule has 100 valence electrons. The van der Waals surface area contributed by atoms with Crippen LogP contribution in [0.2, 0.25) is 0 Å². The lowest BCUT2D eigenvalue weighted by atomic mass is 9.93. The number of hydrogen-bond donors (Lipinski definition) is 1. The Morgan fingerprint density at radius 3 is 2.33 bits per heavy atom. The van der Waals surface area contributed by atoms with Crippen molar-refractivity contribution < 1.29 is 0 Å². The molecule has 1 aromatic carbocycles. The molecule has 0 aliphatic heterocycles. The molecule has 2 heteroatoms. The van der Waals surface area contributed by atoms with E-state index < -0.39 is 0 Å². The van der Waals surface area contributed by atoms with Gasteiger partial charge in [-0.3, -0.25) is 0 Å². The molecular weight excluding hydrogens is 220 g/mol. The molecule has 0 aromatic heterocycles. The van der Waals surface area contributed by atoms with Crippen LogP contribution in [0.15, 0.2) is 24.3 Å². The molecule has 0 heterocycles. The SMILES string of the molecule is CN(Cc1ccc(C2CC2)cc1)CC(C)(C)CN. The Bertz CT molecular complexity index is 377. The summed E-state index contributed by atoms with van der Waals surface area (Å²) in [5, 5.41) is 0. The molecule has 1 aliphatic rings. The van der Waals surface area contributed by atoms with Crippen LogP contribution in [-0.4, -0.2) is 25.0 Å². The van der Waals surface area contributed by atoms with Gasteiger partial charge in [0.2, 0.25) is 0 Å². The number of nitrogens with zero attached hydrogens (tertiary/aromatic N) is 1. The Morgan fingerprint density at radius 2 is 1.83 bits per heavy atom. The standard InChI is InChI=1S/C16H26N2/c1-16(2,11-17)12-18(3)10-13-4-6-14(7-5-13)15-8-9-15/h4-7,15H,8-12,17H2,1-3H3. The van der Waals surface area contributed by atoms with Crippen LogP contribution < -0.4 is 5.73 Å². The fraction of sp³-hybridized carbons (Fsp3) is 0.625. The molecule has 0 spiro atoms. The molecule has 2 nitrogen and oxygen atoms in total. The van der Waals surface area contributed by atoms with Gasteiger partial charge in [-0.15, -0.1) is 0 Å².